The fourth-order valence-electron chi connectivity index (χ4n) is 1.62. The van der Waals surface area contributed by atoms with Crippen molar-refractivity contribution in [3.8, 4) is 0 Å². The number of nitrogens with two attached hydrogens (primary N) is 1. The van der Waals surface area contributed by atoms with E-state index < -0.39 is 0 Å². The number of nitrogens with zero attached hydrogens (tertiary/aromatic N) is 1. The van der Waals surface area contributed by atoms with Gasteiger partial charge in [-0.3, -0.25) is 4.79 Å². The Labute approximate surface area is 120 Å². The molecule has 0 aromatic heterocycles. The highest BCUT2D eigenvalue weighted by molar-refractivity contribution is 5.95. The second kappa shape index (κ2) is 8.39. The molecule has 1 amide bonds. The number of nitrogen functional groups attached to an aromatic ring is 1. The molecule has 0 bridgehead atoms. The van der Waals surface area contributed by atoms with E-state index >= 15 is 0 Å². The second-order valence-corrected chi connectivity index (χ2v) is 4.72. The van der Waals surface area contributed by atoms with Gasteiger partial charge in [0.1, 0.15) is 0 Å². The number of carbonyl (C=O) groups excluding carboxylic acids is 1. The number of nitrogens with one attached hydrogen (secondary N) is 2. The summed E-state index contributed by atoms with van der Waals surface area (Å²) in [7, 11) is 5.61. The Hall–Kier alpha value is -1.79. The minimum atomic E-state index is -0.143. The molecule has 4 N–H and O–H groups in total. The normalized spacial score (nSPS) is 10.6. The average molecular weight is 280 g/mol. The van der Waals surface area contributed by atoms with Gasteiger partial charge in [-0.2, -0.15) is 0 Å². The molecule has 1 rings (SSSR count). The molecule has 0 fully saturated rings. The fraction of sp³-hybridized carbons (Fsp3) is 0.500. The standard InChI is InChI=1S/C14H24N4O2/c1-16-14(19)11-4-5-13(12(15)10-11)17-6-8-20-9-7-18(2)3/h4-5,10,17H,6-9,15H2,1-3H3,(H,16,19). The van der Waals surface area contributed by atoms with E-state index in [9.17, 15) is 4.79 Å². The van der Waals surface area contributed by atoms with Crippen molar-refractivity contribution in [1.29, 1.82) is 0 Å². The molecule has 1 aromatic rings. The maximum atomic E-state index is 11.5. The second-order valence-electron chi connectivity index (χ2n) is 4.72. The highest BCUT2D eigenvalue weighted by Gasteiger charge is 2.05. The number of hydrogen-bond acceptors (Lipinski definition) is 5. The van der Waals surface area contributed by atoms with E-state index in [1.807, 2.05) is 14.1 Å². The van der Waals surface area contributed by atoms with E-state index in [1.165, 1.54) is 0 Å². The molecule has 20 heavy (non-hydrogen) atoms. The molecule has 0 saturated carbocycles. The van der Waals surface area contributed by atoms with Crippen molar-refractivity contribution in [1.82, 2.24) is 10.2 Å². The molecule has 6 nitrogen and oxygen atoms in total. The zero-order chi connectivity index (χ0) is 15.0. The molecule has 0 atom stereocenters. The molecule has 0 heterocycles. The monoisotopic (exact) mass is 280 g/mol. The van der Waals surface area contributed by atoms with Crippen molar-refractivity contribution in [3.63, 3.8) is 0 Å². The predicted octanol–water partition coefficient (Wildman–Crippen LogP) is 0.619. The van der Waals surface area contributed by atoms with Crippen LogP contribution in [0.4, 0.5) is 11.4 Å². The summed E-state index contributed by atoms with van der Waals surface area (Å²) < 4.78 is 5.48. The minimum Gasteiger partial charge on any atom is -0.397 e. The van der Waals surface area contributed by atoms with Crippen LogP contribution in [0.1, 0.15) is 10.4 Å². The van der Waals surface area contributed by atoms with E-state index in [1.54, 1.807) is 25.2 Å². The first kappa shape index (κ1) is 16.3. The van der Waals surface area contributed by atoms with Gasteiger partial charge < -0.3 is 26.0 Å². The Morgan fingerprint density at radius 2 is 2.10 bits per heavy atom. The summed E-state index contributed by atoms with van der Waals surface area (Å²) in [6.07, 6.45) is 0. The van der Waals surface area contributed by atoms with Crippen LogP contribution in [-0.4, -0.2) is 58.3 Å². The minimum absolute atomic E-state index is 0.143. The van der Waals surface area contributed by atoms with Gasteiger partial charge in [0.05, 0.1) is 24.6 Å². The maximum Gasteiger partial charge on any atom is 0.251 e. The van der Waals surface area contributed by atoms with Crippen molar-refractivity contribution < 1.29 is 9.53 Å². The summed E-state index contributed by atoms with van der Waals surface area (Å²) in [5.74, 6) is -0.143. The molecule has 0 spiro atoms. The summed E-state index contributed by atoms with van der Waals surface area (Å²) in [6.45, 7) is 2.91. The molecule has 6 heteroatoms. The number of rotatable bonds is 8. The topological polar surface area (TPSA) is 79.6 Å². The molecule has 112 valence electrons. The summed E-state index contributed by atoms with van der Waals surface area (Å²) in [4.78, 5) is 13.5. The van der Waals surface area contributed by atoms with Crippen LogP contribution in [0.2, 0.25) is 0 Å². The van der Waals surface area contributed by atoms with E-state index in [2.05, 4.69) is 15.5 Å². The lowest BCUT2D eigenvalue weighted by Crippen LogP contribution is -2.20. The van der Waals surface area contributed by atoms with Gasteiger partial charge in [0.25, 0.3) is 5.91 Å². The zero-order valence-electron chi connectivity index (χ0n) is 12.4. The highest BCUT2D eigenvalue weighted by Crippen LogP contribution is 2.19. The number of amides is 1. The van der Waals surface area contributed by atoms with Crippen LogP contribution in [0, 0.1) is 0 Å². The van der Waals surface area contributed by atoms with Gasteiger partial charge in [0.15, 0.2) is 0 Å². The van der Waals surface area contributed by atoms with Crippen LogP contribution in [0.25, 0.3) is 0 Å². The lowest BCUT2D eigenvalue weighted by molar-refractivity contribution is 0.0963. The van der Waals surface area contributed by atoms with Crippen LogP contribution in [-0.2, 0) is 4.74 Å². The van der Waals surface area contributed by atoms with Gasteiger partial charge in [0.2, 0.25) is 0 Å². The van der Waals surface area contributed by atoms with E-state index in [0.29, 0.717) is 31.0 Å². The van der Waals surface area contributed by atoms with Crippen molar-refractivity contribution in [3.05, 3.63) is 23.8 Å². The molecule has 0 aliphatic heterocycles. The third kappa shape index (κ3) is 5.46. The van der Waals surface area contributed by atoms with Gasteiger partial charge in [0, 0.05) is 25.7 Å². The Morgan fingerprint density at radius 1 is 1.35 bits per heavy atom. The third-order valence-electron chi connectivity index (χ3n) is 2.79. The van der Waals surface area contributed by atoms with Gasteiger partial charge in [-0.25, -0.2) is 0 Å². The third-order valence-corrected chi connectivity index (χ3v) is 2.79. The van der Waals surface area contributed by atoms with Crippen molar-refractivity contribution >= 4 is 17.3 Å². The van der Waals surface area contributed by atoms with E-state index in [-0.39, 0.29) is 5.91 Å². The van der Waals surface area contributed by atoms with Crippen molar-refractivity contribution in [2.24, 2.45) is 0 Å². The van der Waals surface area contributed by atoms with Gasteiger partial charge in [-0.05, 0) is 32.3 Å². The lowest BCUT2D eigenvalue weighted by atomic mass is 10.1. The first-order valence-corrected chi connectivity index (χ1v) is 6.62. The van der Waals surface area contributed by atoms with Crippen molar-refractivity contribution in [2.75, 3.05) is 58.5 Å². The number of benzene rings is 1. The van der Waals surface area contributed by atoms with Gasteiger partial charge in [-0.1, -0.05) is 0 Å². The Morgan fingerprint density at radius 3 is 2.70 bits per heavy atom. The van der Waals surface area contributed by atoms with Crippen molar-refractivity contribution in [2.45, 2.75) is 0 Å². The SMILES string of the molecule is CNC(=O)c1ccc(NCCOCCN(C)C)c(N)c1. The van der Waals surface area contributed by atoms with Crippen LogP contribution in [0.3, 0.4) is 0 Å². The molecule has 0 aliphatic carbocycles. The molecule has 0 radical (unpaired) electrons. The highest BCUT2D eigenvalue weighted by atomic mass is 16.5. The molecule has 1 aromatic carbocycles. The zero-order valence-corrected chi connectivity index (χ0v) is 12.4. The molecular formula is C14H24N4O2. The molecule has 0 aliphatic rings. The predicted molar refractivity (Wildman–Crippen MR) is 82.1 cm³/mol. The van der Waals surface area contributed by atoms with Crippen LogP contribution in [0.15, 0.2) is 18.2 Å². The molecule has 0 saturated heterocycles. The average Bonchev–Trinajstić information content (AvgIpc) is 2.42. The fourth-order valence-corrected chi connectivity index (χ4v) is 1.62. The molecule has 0 unspecified atom stereocenters. The van der Waals surface area contributed by atoms with E-state index in [4.69, 9.17) is 10.5 Å². The summed E-state index contributed by atoms with van der Waals surface area (Å²) in [5.41, 5.74) is 7.83. The Bertz CT molecular complexity index is 435. The summed E-state index contributed by atoms with van der Waals surface area (Å²) in [6, 6.07) is 5.21. The number of hydrogen-bond donors (Lipinski definition) is 3. The Kier molecular flexibility index (Phi) is 6.83. The smallest absolute Gasteiger partial charge is 0.251 e. The van der Waals surface area contributed by atoms with Gasteiger partial charge >= 0.3 is 0 Å². The number of likely N-dealkylation sites (N-methyl/N-ethyl adjacent to an activating group) is 1. The summed E-state index contributed by atoms with van der Waals surface area (Å²) >= 11 is 0. The number of carbonyl (C=O) groups is 1. The molecular weight excluding hydrogens is 256 g/mol. The van der Waals surface area contributed by atoms with E-state index in [0.717, 1.165) is 12.2 Å². The van der Waals surface area contributed by atoms with Crippen LogP contribution < -0.4 is 16.4 Å². The lowest BCUT2D eigenvalue weighted by Gasteiger charge is -2.12. The van der Waals surface area contributed by atoms with Crippen LogP contribution >= 0.6 is 0 Å². The number of anilines is 2. The summed E-state index contributed by atoms with van der Waals surface area (Å²) in [5, 5.41) is 5.75. The largest absolute Gasteiger partial charge is 0.397 e. The quantitative estimate of drug-likeness (QED) is 0.480. The number of ether oxygens (including phenoxy) is 1. The van der Waals surface area contributed by atoms with Gasteiger partial charge in [-0.15, -0.1) is 0 Å². The maximum absolute atomic E-state index is 11.5. The van der Waals surface area contributed by atoms with Crippen LogP contribution in [0.5, 0.6) is 0 Å². The first-order chi connectivity index (χ1) is 9.54. The first-order valence-electron chi connectivity index (χ1n) is 6.62. The Balaban J connectivity index is 2.36.